The van der Waals surface area contributed by atoms with Gasteiger partial charge in [0.2, 0.25) is 5.88 Å². The van der Waals surface area contributed by atoms with Gasteiger partial charge in [0.25, 0.3) is 5.56 Å². The molecule has 2 heterocycles. The van der Waals surface area contributed by atoms with Crippen molar-refractivity contribution in [2.75, 3.05) is 0 Å². The molecule has 0 fully saturated rings. The summed E-state index contributed by atoms with van der Waals surface area (Å²) in [7, 11) is 0. The van der Waals surface area contributed by atoms with Gasteiger partial charge in [0.05, 0.1) is 11.4 Å². The molecule has 2 N–H and O–H groups in total. The van der Waals surface area contributed by atoms with E-state index < -0.39 is 17.1 Å². The number of hydrogen-bond donors (Lipinski definition) is 2. The Hall–Kier alpha value is -3.67. The second-order valence-corrected chi connectivity index (χ2v) is 7.11. The maximum Gasteiger partial charge on any atom is 0.335 e. The summed E-state index contributed by atoms with van der Waals surface area (Å²) in [4.78, 5) is 31.4. The van der Waals surface area contributed by atoms with Gasteiger partial charge in [-0.3, -0.25) is 14.8 Å². The van der Waals surface area contributed by atoms with E-state index in [1.165, 1.54) is 0 Å². The molecule has 29 heavy (non-hydrogen) atoms. The number of aromatic amines is 1. The van der Waals surface area contributed by atoms with Crippen LogP contribution < -0.4 is 11.2 Å². The topological polar surface area (TPSA) is 87.4 Å². The first-order valence-electron chi connectivity index (χ1n) is 9.53. The fourth-order valence-electron chi connectivity index (χ4n) is 3.41. The summed E-state index contributed by atoms with van der Waals surface area (Å²) in [5.74, 6) is -0.00714. The number of hydrogen-bond acceptors (Lipinski definition) is 4. The molecule has 0 spiro atoms. The molecule has 4 rings (SSSR count). The monoisotopic (exact) mass is 387 g/mol. The molecule has 0 saturated carbocycles. The van der Waals surface area contributed by atoms with Crippen molar-refractivity contribution in [3.63, 3.8) is 0 Å². The Labute approximate surface area is 167 Å². The molecule has 0 bridgehead atoms. The molecule has 1 aromatic heterocycles. The number of fused-ring (bicyclic) bond motifs is 1. The summed E-state index contributed by atoms with van der Waals surface area (Å²) in [6.07, 6.45) is 4.19. The van der Waals surface area contributed by atoms with Gasteiger partial charge in [-0.15, -0.1) is 0 Å². The van der Waals surface area contributed by atoms with Crippen LogP contribution in [-0.4, -0.2) is 20.9 Å². The fraction of sp³-hybridized carbons (Fsp3) is 0.174. The van der Waals surface area contributed by atoms with E-state index in [1.54, 1.807) is 24.4 Å². The molecule has 0 unspecified atom stereocenters. The first-order valence-corrected chi connectivity index (χ1v) is 9.53. The Morgan fingerprint density at radius 2 is 1.86 bits per heavy atom. The van der Waals surface area contributed by atoms with Crippen molar-refractivity contribution >= 4 is 23.6 Å². The zero-order chi connectivity index (χ0) is 20.5. The van der Waals surface area contributed by atoms with Gasteiger partial charge in [-0.05, 0) is 42.2 Å². The molecule has 0 radical (unpaired) electrons. The van der Waals surface area contributed by atoms with Gasteiger partial charge in [-0.1, -0.05) is 44.2 Å². The number of H-pyrrole nitrogens is 1. The zero-order valence-corrected chi connectivity index (χ0v) is 16.2. The van der Waals surface area contributed by atoms with Crippen molar-refractivity contribution in [3.8, 4) is 11.6 Å². The molecular weight excluding hydrogens is 366 g/mol. The molecule has 0 amide bonds. The summed E-state index contributed by atoms with van der Waals surface area (Å²) in [5.41, 5.74) is 2.65. The van der Waals surface area contributed by atoms with Crippen LogP contribution in [0.15, 0.2) is 63.1 Å². The summed E-state index contributed by atoms with van der Waals surface area (Å²) >= 11 is 0. The van der Waals surface area contributed by atoms with Crippen LogP contribution in [-0.2, 0) is 0 Å². The molecule has 1 aliphatic rings. The maximum absolute atomic E-state index is 12.4. The average Bonchev–Trinajstić information content (AvgIpc) is 3.14. The Morgan fingerprint density at radius 1 is 1.14 bits per heavy atom. The van der Waals surface area contributed by atoms with E-state index >= 15 is 0 Å². The highest BCUT2D eigenvalue weighted by Crippen LogP contribution is 2.33. The summed E-state index contributed by atoms with van der Waals surface area (Å²) in [5, 5.41) is 10.8. The quantitative estimate of drug-likeness (QED) is 0.709. The SMILES string of the molecule is CC[C@@H](C)c1ccc(-n2c(O)c(/C=C3\C=Nc4ccccc43)c(=O)[nH]c2=O)cc1. The Balaban J connectivity index is 1.83. The third kappa shape index (κ3) is 3.33. The second kappa shape index (κ2) is 7.39. The van der Waals surface area contributed by atoms with Crippen LogP contribution in [0.25, 0.3) is 17.3 Å². The lowest BCUT2D eigenvalue weighted by atomic mass is 9.98. The Morgan fingerprint density at radius 3 is 2.59 bits per heavy atom. The van der Waals surface area contributed by atoms with Crippen LogP contribution in [0.1, 0.15) is 42.9 Å². The van der Waals surface area contributed by atoms with Crippen molar-refractivity contribution in [1.82, 2.24) is 9.55 Å². The summed E-state index contributed by atoms with van der Waals surface area (Å²) < 4.78 is 1.10. The molecule has 1 aliphatic heterocycles. The van der Waals surface area contributed by atoms with E-state index in [2.05, 4.69) is 23.8 Å². The standard InChI is InChI=1S/C23H21N3O3/c1-3-14(2)15-8-10-17(11-9-15)26-22(28)19(21(27)25-23(26)29)12-16-13-24-20-7-5-4-6-18(16)20/h4-14,28H,3H2,1-2H3,(H,25,27,29)/b16-12+/t14-/m1/s1. The normalized spacial score (nSPS) is 14.9. The lowest BCUT2D eigenvalue weighted by Gasteiger charge is -2.13. The molecular formula is C23H21N3O3. The number of aromatic hydroxyl groups is 1. The van der Waals surface area contributed by atoms with Crippen molar-refractivity contribution in [2.45, 2.75) is 26.2 Å². The number of benzene rings is 2. The highest BCUT2D eigenvalue weighted by atomic mass is 16.3. The largest absolute Gasteiger partial charge is 0.494 e. The Kier molecular flexibility index (Phi) is 4.76. The van der Waals surface area contributed by atoms with E-state index in [0.717, 1.165) is 27.8 Å². The van der Waals surface area contributed by atoms with Gasteiger partial charge in [-0.25, -0.2) is 9.36 Å². The van der Waals surface area contributed by atoms with E-state index in [-0.39, 0.29) is 5.56 Å². The van der Waals surface area contributed by atoms with Gasteiger partial charge in [0.15, 0.2) is 0 Å². The molecule has 6 heteroatoms. The number of allylic oxidation sites excluding steroid dienone is 1. The number of rotatable bonds is 4. The Bertz CT molecular complexity index is 1250. The lowest BCUT2D eigenvalue weighted by Crippen LogP contribution is -2.30. The minimum absolute atomic E-state index is 0.00811. The first-order chi connectivity index (χ1) is 14.0. The van der Waals surface area contributed by atoms with Crippen LogP contribution in [0.4, 0.5) is 5.69 Å². The second-order valence-electron chi connectivity index (χ2n) is 7.11. The number of nitrogens with one attached hydrogen (secondary N) is 1. The molecule has 0 aliphatic carbocycles. The van der Waals surface area contributed by atoms with E-state index in [0.29, 0.717) is 17.2 Å². The van der Waals surface area contributed by atoms with Gasteiger partial charge in [0, 0.05) is 17.4 Å². The summed E-state index contributed by atoms with van der Waals surface area (Å²) in [6, 6.07) is 14.9. The molecule has 3 aromatic rings. The smallest absolute Gasteiger partial charge is 0.335 e. The van der Waals surface area contributed by atoms with E-state index in [1.807, 2.05) is 36.4 Å². The summed E-state index contributed by atoms with van der Waals surface area (Å²) in [6.45, 7) is 4.24. The number of para-hydroxylation sites is 1. The lowest BCUT2D eigenvalue weighted by molar-refractivity contribution is 0.429. The van der Waals surface area contributed by atoms with E-state index in [4.69, 9.17) is 0 Å². The van der Waals surface area contributed by atoms with Crippen molar-refractivity contribution in [3.05, 3.63) is 86.1 Å². The van der Waals surface area contributed by atoms with Crippen molar-refractivity contribution < 1.29 is 5.11 Å². The molecule has 146 valence electrons. The third-order valence-corrected chi connectivity index (χ3v) is 5.31. The number of nitrogens with zero attached hydrogens (tertiary/aromatic N) is 2. The van der Waals surface area contributed by atoms with Crippen LogP contribution in [0.2, 0.25) is 0 Å². The number of aliphatic imine (C=N–C) groups is 1. The van der Waals surface area contributed by atoms with Crippen LogP contribution in [0.5, 0.6) is 5.88 Å². The average molecular weight is 387 g/mol. The number of aromatic nitrogens is 2. The maximum atomic E-state index is 12.4. The van der Waals surface area contributed by atoms with Crippen molar-refractivity contribution in [1.29, 1.82) is 0 Å². The van der Waals surface area contributed by atoms with Gasteiger partial charge in [-0.2, -0.15) is 0 Å². The van der Waals surface area contributed by atoms with E-state index in [9.17, 15) is 14.7 Å². The van der Waals surface area contributed by atoms with Gasteiger partial charge < -0.3 is 5.11 Å². The predicted molar refractivity (Wildman–Crippen MR) is 115 cm³/mol. The fourth-order valence-corrected chi connectivity index (χ4v) is 3.41. The zero-order valence-electron chi connectivity index (χ0n) is 16.2. The van der Waals surface area contributed by atoms with Crippen LogP contribution in [0.3, 0.4) is 0 Å². The minimum atomic E-state index is -0.688. The molecule has 1 atom stereocenters. The minimum Gasteiger partial charge on any atom is -0.494 e. The highest BCUT2D eigenvalue weighted by molar-refractivity contribution is 6.21. The van der Waals surface area contributed by atoms with Crippen LogP contribution >= 0.6 is 0 Å². The van der Waals surface area contributed by atoms with Crippen LogP contribution in [0, 0.1) is 0 Å². The molecule has 6 nitrogen and oxygen atoms in total. The predicted octanol–water partition coefficient (Wildman–Crippen LogP) is 4.00. The van der Waals surface area contributed by atoms with Gasteiger partial charge >= 0.3 is 5.69 Å². The van der Waals surface area contributed by atoms with Gasteiger partial charge in [0.1, 0.15) is 5.56 Å². The molecule has 0 saturated heterocycles. The third-order valence-electron chi connectivity index (χ3n) is 5.31. The van der Waals surface area contributed by atoms with Crippen molar-refractivity contribution in [2.24, 2.45) is 4.99 Å². The highest BCUT2D eigenvalue weighted by Gasteiger charge is 2.17. The molecule has 2 aromatic carbocycles. The first kappa shape index (κ1) is 18.7.